The van der Waals surface area contributed by atoms with Gasteiger partial charge in [-0.3, -0.25) is 9.59 Å². The second kappa shape index (κ2) is 6.20. The summed E-state index contributed by atoms with van der Waals surface area (Å²) < 4.78 is 1.28. The Kier molecular flexibility index (Phi) is 4.57. The summed E-state index contributed by atoms with van der Waals surface area (Å²) in [6.07, 6.45) is 4.42. The van der Waals surface area contributed by atoms with Crippen LogP contribution in [0.1, 0.15) is 46.1 Å². The van der Waals surface area contributed by atoms with Gasteiger partial charge in [0.25, 0.3) is 5.56 Å². The third kappa shape index (κ3) is 3.08. The topological polar surface area (TPSA) is 55.2 Å². The molecule has 1 saturated heterocycles. The van der Waals surface area contributed by atoms with Crippen molar-refractivity contribution in [2.75, 3.05) is 18.0 Å². The second-order valence-corrected chi connectivity index (χ2v) is 5.66. The highest BCUT2D eigenvalue weighted by Crippen LogP contribution is 2.21. The first-order valence-corrected chi connectivity index (χ1v) is 7.39. The Hall–Kier alpha value is -1.65. The van der Waals surface area contributed by atoms with Crippen molar-refractivity contribution in [2.24, 2.45) is 5.92 Å². The van der Waals surface area contributed by atoms with Crippen molar-refractivity contribution in [1.82, 2.24) is 9.78 Å². The van der Waals surface area contributed by atoms with Gasteiger partial charge >= 0.3 is 0 Å². The minimum atomic E-state index is -0.483. The summed E-state index contributed by atoms with van der Waals surface area (Å²) >= 11 is 0. The maximum atomic E-state index is 12.1. The van der Waals surface area contributed by atoms with Crippen LogP contribution in [0.15, 0.2) is 17.1 Å². The predicted molar refractivity (Wildman–Crippen MR) is 79.1 cm³/mol. The van der Waals surface area contributed by atoms with Crippen molar-refractivity contribution in [3.05, 3.63) is 22.6 Å². The molecule has 5 nitrogen and oxygen atoms in total. The molecule has 0 saturated carbocycles. The molecule has 1 aliphatic heterocycles. The average Bonchev–Trinajstić information content (AvgIpc) is 2.46. The molecule has 20 heavy (non-hydrogen) atoms. The lowest BCUT2D eigenvalue weighted by atomic mass is 9.99. The van der Waals surface area contributed by atoms with Crippen LogP contribution in [-0.4, -0.2) is 28.7 Å². The van der Waals surface area contributed by atoms with Crippen molar-refractivity contribution in [3.63, 3.8) is 0 Å². The van der Waals surface area contributed by atoms with E-state index in [9.17, 15) is 9.59 Å². The van der Waals surface area contributed by atoms with Crippen LogP contribution in [0.4, 0.5) is 5.69 Å². The van der Waals surface area contributed by atoms with E-state index in [4.69, 9.17) is 0 Å². The van der Waals surface area contributed by atoms with Gasteiger partial charge in [0.1, 0.15) is 6.04 Å². The Morgan fingerprint density at radius 3 is 2.65 bits per heavy atom. The summed E-state index contributed by atoms with van der Waals surface area (Å²) in [5.74, 6) is 0.779. The molecule has 1 aromatic rings. The van der Waals surface area contributed by atoms with Crippen molar-refractivity contribution in [2.45, 2.75) is 46.1 Å². The van der Waals surface area contributed by atoms with Crippen LogP contribution in [0.25, 0.3) is 0 Å². The van der Waals surface area contributed by atoms with Crippen LogP contribution in [0, 0.1) is 5.92 Å². The average molecular weight is 277 g/mol. The Balaban J connectivity index is 2.18. The number of carbonyl (C=O) groups is 1. The number of carbonyl (C=O) groups excluding carboxylic acids is 1. The summed E-state index contributed by atoms with van der Waals surface area (Å²) in [6, 6.07) is 1.12. The Bertz CT molecular complexity index is 530. The Labute approximate surface area is 119 Å². The molecule has 0 aromatic carbocycles. The fourth-order valence-corrected chi connectivity index (χ4v) is 2.57. The van der Waals surface area contributed by atoms with Gasteiger partial charge in [-0.1, -0.05) is 13.8 Å². The molecule has 1 fully saturated rings. The minimum Gasteiger partial charge on any atom is -0.370 e. The van der Waals surface area contributed by atoms with Gasteiger partial charge < -0.3 is 4.90 Å². The molecular weight excluding hydrogens is 254 g/mol. The highest BCUT2D eigenvalue weighted by molar-refractivity contribution is 5.81. The first kappa shape index (κ1) is 14.8. The molecule has 1 atom stereocenters. The van der Waals surface area contributed by atoms with E-state index >= 15 is 0 Å². The van der Waals surface area contributed by atoms with Crippen molar-refractivity contribution >= 4 is 11.5 Å². The molecule has 2 rings (SSSR count). The van der Waals surface area contributed by atoms with Crippen molar-refractivity contribution in [3.8, 4) is 0 Å². The number of anilines is 1. The van der Waals surface area contributed by atoms with E-state index in [0.29, 0.717) is 6.42 Å². The number of hydrogen-bond acceptors (Lipinski definition) is 4. The molecule has 1 aliphatic rings. The molecule has 0 bridgehead atoms. The standard InChI is InChI=1S/C15H23N3O2/c1-4-14(19)12(3)18-15(20)9-13(10-16-18)17-7-5-11(2)6-8-17/h9-12H,4-8H2,1-3H3. The van der Waals surface area contributed by atoms with E-state index in [-0.39, 0.29) is 11.3 Å². The highest BCUT2D eigenvalue weighted by atomic mass is 16.1. The molecule has 1 aromatic heterocycles. The molecule has 0 aliphatic carbocycles. The highest BCUT2D eigenvalue weighted by Gasteiger charge is 2.19. The van der Waals surface area contributed by atoms with E-state index in [1.807, 2.05) is 0 Å². The number of rotatable bonds is 4. The fraction of sp³-hybridized carbons (Fsp3) is 0.667. The lowest BCUT2D eigenvalue weighted by Crippen LogP contribution is -2.35. The van der Waals surface area contributed by atoms with E-state index in [1.165, 1.54) is 4.68 Å². The van der Waals surface area contributed by atoms with Gasteiger partial charge in [0.05, 0.1) is 11.9 Å². The molecule has 0 amide bonds. The second-order valence-electron chi connectivity index (χ2n) is 5.66. The number of ketones is 1. The molecule has 110 valence electrons. The summed E-state index contributed by atoms with van der Waals surface area (Å²) in [5, 5.41) is 4.18. The zero-order valence-corrected chi connectivity index (χ0v) is 12.5. The number of piperidine rings is 1. The fourth-order valence-electron chi connectivity index (χ4n) is 2.57. The van der Waals surface area contributed by atoms with Gasteiger partial charge in [0.15, 0.2) is 5.78 Å². The Morgan fingerprint density at radius 1 is 1.45 bits per heavy atom. The maximum absolute atomic E-state index is 12.1. The van der Waals surface area contributed by atoms with Crippen LogP contribution >= 0.6 is 0 Å². The third-order valence-corrected chi connectivity index (χ3v) is 4.14. The SMILES string of the molecule is CCC(=O)C(C)n1ncc(N2CCC(C)CC2)cc1=O. The zero-order chi connectivity index (χ0) is 14.7. The molecule has 0 spiro atoms. The smallest absolute Gasteiger partial charge is 0.269 e. The van der Waals surface area contributed by atoms with Crippen LogP contribution in [0.2, 0.25) is 0 Å². The van der Waals surface area contributed by atoms with Crippen LogP contribution in [0.3, 0.4) is 0 Å². The van der Waals surface area contributed by atoms with Crippen LogP contribution in [-0.2, 0) is 4.79 Å². The largest absolute Gasteiger partial charge is 0.370 e. The number of aromatic nitrogens is 2. The van der Waals surface area contributed by atoms with E-state index in [2.05, 4.69) is 16.9 Å². The van der Waals surface area contributed by atoms with Gasteiger partial charge in [0.2, 0.25) is 0 Å². The summed E-state index contributed by atoms with van der Waals surface area (Å²) in [7, 11) is 0. The summed E-state index contributed by atoms with van der Waals surface area (Å²) in [4.78, 5) is 26.0. The first-order chi connectivity index (χ1) is 9.52. The van der Waals surface area contributed by atoms with Crippen molar-refractivity contribution in [1.29, 1.82) is 0 Å². The van der Waals surface area contributed by atoms with Gasteiger partial charge in [-0.25, -0.2) is 4.68 Å². The summed E-state index contributed by atoms with van der Waals surface area (Å²) in [6.45, 7) is 7.71. The van der Waals surface area contributed by atoms with E-state index in [1.54, 1.807) is 26.1 Å². The lowest BCUT2D eigenvalue weighted by molar-refractivity contribution is -0.121. The molecule has 0 radical (unpaired) electrons. The normalized spacial score (nSPS) is 18.1. The predicted octanol–water partition coefficient (Wildman–Crippen LogP) is 2.02. The third-order valence-electron chi connectivity index (χ3n) is 4.14. The zero-order valence-electron chi connectivity index (χ0n) is 12.5. The number of Topliss-reactive ketones (excluding diaryl/α,β-unsaturated/α-hetero) is 1. The number of hydrogen-bond donors (Lipinski definition) is 0. The van der Waals surface area contributed by atoms with Crippen LogP contribution < -0.4 is 10.5 Å². The van der Waals surface area contributed by atoms with Crippen LogP contribution in [0.5, 0.6) is 0 Å². The quantitative estimate of drug-likeness (QED) is 0.845. The van der Waals surface area contributed by atoms with Gasteiger partial charge in [0, 0.05) is 25.6 Å². The Morgan fingerprint density at radius 2 is 2.10 bits per heavy atom. The number of nitrogens with zero attached hydrogens (tertiary/aromatic N) is 3. The van der Waals surface area contributed by atoms with E-state index < -0.39 is 6.04 Å². The van der Waals surface area contributed by atoms with Gasteiger partial charge in [-0.05, 0) is 25.7 Å². The first-order valence-electron chi connectivity index (χ1n) is 7.39. The van der Waals surface area contributed by atoms with E-state index in [0.717, 1.165) is 37.5 Å². The summed E-state index contributed by atoms with van der Waals surface area (Å²) in [5.41, 5.74) is 0.671. The van der Waals surface area contributed by atoms with Gasteiger partial charge in [-0.2, -0.15) is 5.10 Å². The molecule has 0 N–H and O–H groups in total. The molecule has 5 heteroatoms. The minimum absolute atomic E-state index is 0.0270. The molecule has 2 heterocycles. The monoisotopic (exact) mass is 277 g/mol. The molecular formula is C15H23N3O2. The lowest BCUT2D eigenvalue weighted by Gasteiger charge is -2.31. The molecule has 1 unspecified atom stereocenters. The van der Waals surface area contributed by atoms with Crippen molar-refractivity contribution < 1.29 is 4.79 Å². The maximum Gasteiger partial charge on any atom is 0.269 e. The van der Waals surface area contributed by atoms with Gasteiger partial charge in [-0.15, -0.1) is 0 Å².